The van der Waals surface area contributed by atoms with Crippen LogP contribution >= 0.6 is 0 Å². The summed E-state index contributed by atoms with van der Waals surface area (Å²) in [6, 6.07) is 9.61. The van der Waals surface area contributed by atoms with E-state index in [0.717, 1.165) is 86.3 Å². The lowest BCUT2D eigenvalue weighted by Crippen LogP contribution is -2.41. The second-order valence-electron chi connectivity index (χ2n) is 9.64. The van der Waals surface area contributed by atoms with Crippen molar-refractivity contribution in [1.82, 2.24) is 35.7 Å². The van der Waals surface area contributed by atoms with Crippen LogP contribution in [0.1, 0.15) is 23.2 Å². The van der Waals surface area contributed by atoms with Gasteiger partial charge in [-0.2, -0.15) is 5.10 Å². The molecule has 2 saturated heterocycles. The number of ether oxygens (including phenoxy) is 2. The van der Waals surface area contributed by atoms with E-state index in [1.54, 1.807) is 12.4 Å². The van der Waals surface area contributed by atoms with E-state index in [0.29, 0.717) is 23.7 Å². The van der Waals surface area contributed by atoms with E-state index in [2.05, 4.69) is 36.0 Å². The molecular formula is C27H32N8O3. The van der Waals surface area contributed by atoms with Gasteiger partial charge in [0.2, 0.25) is 5.95 Å². The van der Waals surface area contributed by atoms with Gasteiger partial charge in [-0.15, -0.1) is 0 Å². The summed E-state index contributed by atoms with van der Waals surface area (Å²) in [7, 11) is 0. The van der Waals surface area contributed by atoms with E-state index in [9.17, 15) is 4.79 Å². The van der Waals surface area contributed by atoms with Crippen LogP contribution in [0.25, 0.3) is 21.8 Å². The molecule has 0 spiro atoms. The predicted molar refractivity (Wildman–Crippen MR) is 145 cm³/mol. The van der Waals surface area contributed by atoms with Crippen LogP contribution in [-0.2, 0) is 4.74 Å². The first-order valence-electron chi connectivity index (χ1n) is 13.2. The Labute approximate surface area is 220 Å². The predicted octanol–water partition coefficient (Wildman–Crippen LogP) is 2.44. The number of piperidine rings is 1. The van der Waals surface area contributed by atoms with Crippen LogP contribution in [0.3, 0.4) is 0 Å². The molecule has 0 unspecified atom stereocenters. The van der Waals surface area contributed by atoms with E-state index in [1.165, 1.54) is 0 Å². The zero-order valence-electron chi connectivity index (χ0n) is 21.2. The molecule has 11 heteroatoms. The van der Waals surface area contributed by atoms with Crippen LogP contribution in [0.5, 0.6) is 5.75 Å². The quantitative estimate of drug-likeness (QED) is 0.279. The van der Waals surface area contributed by atoms with Crippen molar-refractivity contribution < 1.29 is 14.3 Å². The third-order valence-electron chi connectivity index (χ3n) is 7.03. The van der Waals surface area contributed by atoms with Gasteiger partial charge in [0.15, 0.2) is 0 Å². The lowest BCUT2D eigenvalue weighted by atomic mass is 10.1. The highest BCUT2D eigenvalue weighted by atomic mass is 16.5. The monoisotopic (exact) mass is 516 g/mol. The minimum Gasteiger partial charge on any atom is -0.488 e. The van der Waals surface area contributed by atoms with Crippen molar-refractivity contribution in [3.63, 3.8) is 0 Å². The molecule has 2 aromatic carbocycles. The maximum atomic E-state index is 13.1. The zero-order chi connectivity index (χ0) is 25.7. The lowest BCUT2D eigenvalue weighted by Gasteiger charge is -2.26. The van der Waals surface area contributed by atoms with Crippen molar-refractivity contribution in [3.8, 4) is 5.75 Å². The molecule has 198 valence electrons. The molecule has 4 heterocycles. The Morgan fingerprint density at radius 2 is 2.03 bits per heavy atom. The van der Waals surface area contributed by atoms with Gasteiger partial charge in [-0.3, -0.25) is 14.8 Å². The minimum absolute atomic E-state index is 0.148. The summed E-state index contributed by atoms with van der Waals surface area (Å²) < 4.78 is 11.7. The average Bonchev–Trinajstić information content (AvgIpc) is 3.43. The molecule has 0 saturated carbocycles. The van der Waals surface area contributed by atoms with E-state index in [1.807, 2.05) is 30.3 Å². The molecule has 2 fully saturated rings. The fourth-order valence-corrected chi connectivity index (χ4v) is 4.96. The standard InChI is InChI=1S/C27H32N8O3/c36-26(29-8-9-35-10-12-37-13-11-35)21-14-19(15-23-22(21)17-31-34-23)32-27-30-16-18-2-1-3-24(25(18)33-27)38-20-4-6-28-7-5-20/h1-3,14-17,20,28H,4-13H2,(H,29,36)(H,31,34)(H,30,32,33). The van der Waals surface area contributed by atoms with Crippen molar-refractivity contribution in [3.05, 3.63) is 48.3 Å². The summed E-state index contributed by atoms with van der Waals surface area (Å²) in [6.07, 6.45) is 5.56. The van der Waals surface area contributed by atoms with Crippen molar-refractivity contribution in [2.45, 2.75) is 18.9 Å². The molecule has 2 aliphatic heterocycles. The number of para-hydroxylation sites is 1. The summed E-state index contributed by atoms with van der Waals surface area (Å²) in [5.41, 5.74) is 2.74. The number of fused-ring (bicyclic) bond motifs is 2. The SMILES string of the molecule is O=C(NCCN1CCOCC1)c1cc(Nc2ncc3cccc(OC4CCNCC4)c3n2)cc2[nH]ncc12. The number of H-pyrrole nitrogens is 1. The third kappa shape index (κ3) is 5.54. The Bertz CT molecular complexity index is 1410. The highest BCUT2D eigenvalue weighted by Gasteiger charge is 2.18. The number of rotatable bonds is 8. The smallest absolute Gasteiger partial charge is 0.252 e. The number of nitrogens with zero attached hydrogens (tertiary/aromatic N) is 4. The van der Waals surface area contributed by atoms with Gasteiger partial charge in [-0.25, -0.2) is 9.97 Å². The topological polar surface area (TPSA) is 129 Å². The number of morpholine rings is 1. The second-order valence-corrected chi connectivity index (χ2v) is 9.64. The molecule has 0 radical (unpaired) electrons. The first kappa shape index (κ1) is 24.5. The summed E-state index contributed by atoms with van der Waals surface area (Å²) in [6.45, 7) is 6.50. The number of aromatic amines is 1. The van der Waals surface area contributed by atoms with Gasteiger partial charge in [-0.1, -0.05) is 12.1 Å². The lowest BCUT2D eigenvalue weighted by molar-refractivity contribution is 0.0383. The fourth-order valence-electron chi connectivity index (χ4n) is 4.96. The number of nitrogens with one attached hydrogen (secondary N) is 4. The molecule has 2 aromatic heterocycles. The fraction of sp³-hybridized carbons (Fsp3) is 0.407. The maximum absolute atomic E-state index is 13.1. The van der Waals surface area contributed by atoms with E-state index in [4.69, 9.17) is 14.5 Å². The van der Waals surface area contributed by atoms with Gasteiger partial charge in [0.1, 0.15) is 17.4 Å². The summed E-state index contributed by atoms with van der Waals surface area (Å²) in [5.74, 6) is 1.03. The van der Waals surface area contributed by atoms with Gasteiger partial charge in [-0.05, 0) is 44.1 Å². The minimum atomic E-state index is -0.148. The molecule has 0 aliphatic carbocycles. The number of carbonyl (C=O) groups is 1. The van der Waals surface area contributed by atoms with Crippen LogP contribution in [0.15, 0.2) is 42.7 Å². The Hall–Kier alpha value is -3.80. The summed E-state index contributed by atoms with van der Waals surface area (Å²) in [4.78, 5) is 24.7. The highest BCUT2D eigenvalue weighted by molar-refractivity contribution is 6.07. The Balaban J connectivity index is 1.20. The third-order valence-corrected chi connectivity index (χ3v) is 7.03. The number of amides is 1. The van der Waals surface area contributed by atoms with Crippen molar-refractivity contribution in [2.24, 2.45) is 0 Å². The molecule has 4 aromatic rings. The zero-order valence-corrected chi connectivity index (χ0v) is 21.2. The van der Waals surface area contributed by atoms with Crippen LogP contribution in [0.2, 0.25) is 0 Å². The van der Waals surface area contributed by atoms with E-state index < -0.39 is 0 Å². The van der Waals surface area contributed by atoms with Crippen molar-refractivity contribution >= 4 is 39.3 Å². The molecule has 2 aliphatic rings. The molecule has 0 bridgehead atoms. The van der Waals surface area contributed by atoms with E-state index >= 15 is 0 Å². The van der Waals surface area contributed by atoms with Crippen LogP contribution in [0, 0.1) is 0 Å². The van der Waals surface area contributed by atoms with Crippen LogP contribution in [0.4, 0.5) is 11.6 Å². The van der Waals surface area contributed by atoms with Gasteiger partial charge in [0.05, 0.1) is 30.5 Å². The molecule has 6 rings (SSSR count). The number of hydrogen-bond acceptors (Lipinski definition) is 9. The second kappa shape index (κ2) is 11.3. The number of carbonyl (C=O) groups excluding carboxylic acids is 1. The molecule has 4 N–H and O–H groups in total. The van der Waals surface area contributed by atoms with Gasteiger partial charge < -0.3 is 25.4 Å². The van der Waals surface area contributed by atoms with E-state index in [-0.39, 0.29) is 12.0 Å². The first-order valence-corrected chi connectivity index (χ1v) is 13.2. The number of anilines is 2. The number of aromatic nitrogens is 4. The number of hydrogen-bond donors (Lipinski definition) is 4. The van der Waals surface area contributed by atoms with Gasteiger partial charge in [0.25, 0.3) is 5.91 Å². The van der Waals surface area contributed by atoms with Crippen molar-refractivity contribution in [1.29, 1.82) is 0 Å². The Kier molecular flexibility index (Phi) is 7.29. The van der Waals surface area contributed by atoms with Gasteiger partial charge in [0, 0.05) is 48.8 Å². The van der Waals surface area contributed by atoms with Crippen LogP contribution < -0.4 is 20.7 Å². The largest absolute Gasteiger partial charge is 0.488 e. The molecule has 11 nitrogen and oxygen atoms in total. The van der Waals surface area contributed by atoms with Crippen LogP contribution in [-0.4, -0.2) is 89.6 Å². The highest BCUT2D eigenvalue weighted by Crippen LogP contribution is 2.28. The Morgan fingerprint density at radius 1 is 1.16 bits per heavy atom. The maximum Gasteiger partial charge on any atom is 0.252 e. The first-order chi connectivity index (χ1) is 18.7. The normalized spacial score (nSPS) is 17.1. The molecule has 1 amide bonds. The van der Waals surface area contributed by atoms with Gasteiger partial charge >= 0.3 is 0 Å². The summed E-state index contributed by atoms with van der Waals surface area (Å²) in [5, 5.41) is 18.5. The Morgan fingerprint density at radius 3 is 2.89 bits per heavy atom. The summed E-state index contributed by atoms with van der Waals surface area (Å²) >= 11 is 0. The van der Waals surface area contributed by atoms with Crippen molar-refractivity contribution in [2.75, 3.05) is 57.8 Å². The number of benzene rings is 2. The molecule has 0 atom stereocenters. The average molecular weight is 517 g/mol. The molecular weight excluding hydrogens is 484 g/mol. The molecule has 38 heavy (non-hydrogen) atoms.